The van der Waals surface area contributed by atoms with Crippen LogP contribution in [0.3, 0.4) is 0 Å². The van der Waals surface area contributed by atoms with Crippen LogP contribution in [0.2, 0.25) is 0 Å². The van der Waals surface area contributed by atoms with Crippen LogP contribution in [0.25, 0.3) is 0 Å². The first kappa shape index (κ1) is 15.4. The van der Waals surface area contributed by atoms with Crippen molar-refractivity contribution in [2.75, 3.05) is 22.1 Å². The summed E-state index contributed by atoms with van der Waals surface area (Å²) in [5, 5.41) is 9.20. The fraction of sp³-hybridized carbons (Fsp3) is 0.385. The fourth-order valence-corrected chi connectivity index (χ4v) is 3.92. The van der Waals surface area contributed by atoms with E-state index in [0.717, 1.165) is 0 Å². The summed E-state index contributed by atoms with van der Waals surface area (Å²) in [6, 6.07) is 1.41. The third-order valence-corrected chi connectivity index (χ3v) is 5.11. The SMILES string of the molecule is Cc1cc(NC(=O)c2cnc(NC3CCS(=O)(=O)C3)cn2)no1. The molecule has 1 unspecified atom stereocenters. The molecule has 0 bridgehead atoms. The van der Waals surface area contributed by atoms with Gasteiger partial charge in [0.25, 0.3) is 5.91 Å². The van der Waals surface area contributed by atoms with Gasteiger partial charge in [-0.05, 0) is 13.3 Å². The van der Waals surface area contributed by atoms with E-state index in [1.165, 1.54) is 12.4 Å². The first-order valence-electron chi connectivity index (χ1n) is 6.95. The van der Waals surface area contributed by atoms with Crippen LogP contribution in [-0.2, 0) is 9.84 Å². The number of carbonyl (C=O) groups excluding carboxylic acids is 1. The second-order valence-electron chi connectivity index (χ2n) is 5.31. The number of hydrogen-bond donors (Lipinski definition) is 2. The Bertz CT molecular complexity index is 815. The lowest BCUT2D eigenvalue weighted by Gasteiger charge is -2.11. The van der Waals surface area contributed by atoms with Crippen LogP contribution in [0.5, 0.6) is 0 Å². The Morgan fingerprint density at radius 3 is 2.70 bits per heavy atom. The van der Waals surface area contributed by atoms with Crippen molar-refractivity contribution in [2.45, 2.75) is 19.4 Å². The summed E-state index contributed by atoms with van der Waals surface area (Å²) < 4.78 is 27.7. The van der Waals surface area contributed by atoms with Crippen LogP contribution in [0.1, 0.15) is 22.7 Å². The molecular weight excluding hydrogens is 322 g/mol. The van der Waals surface area contributed by atoms with E-state index < -0.39 is 15.7 Å². The zero-order chi connectivity index (χ0) is 16.4. The molecule has 9 nitrogen and oxygen atoms in total. The van der Waals surface area contributed by atoms with Gasteiger partial charge in [-0.1, -0.05) is 5.16 Å². The number of sulfone groups is 1. The van der Waals surface area contributed by atoms with Crippen molar-refractivity contribution >= 4 is 27.4 Å². The number of nitrogens with one attached hydrogen (secondary N) is 2. The molecule has 1 fully saturated rings. The van der Waals surface area contributed by atoms with E-state index in [4.69, 9.17) is 4.52 Å². The van der Waals surface area contributed by atoms with E-state index in [9.17, 15) is 13.2 Å². The molecule has 1 atom stereocenters. The van der Waals surface area contributed by atoms with Crippen LogP contribution < -0.4 is 10.6 Å². The van der Waals surface area contributed by atoms with Gasteiger partial charge in [0, 0.05) is 12.1 Å². The Hall–Kier alpha value is -2.49. The molecule has 23 heavy (non-hydrogen) atoms. The van der Waals surface area contributed by atoms with Crippen molar-refractivity contribution in [3.05, 3.63) is 29.9 Å². The van der Waals surface area contributed by atoms with Gasteiger partial charge in [0.1, 0.15) is 17.3 Å². The molecule has 0 saturated carbocycles. The normalized spacial score (nSPS) is 19.4. The molecule has 0 aromatic carbocycles. The predicted octanol–water partition coefficient (Wildman–Crippen LogP) is 0.624. The molecule has 0 aliphatic carbocycles. The molecule has 3 rings (SSSR count). The average molecular weight is 337 g/mol. The van der Waals surface area contributed by atoms with E-state index in [0.29, 0.717) is 23.8 Å². The topological polar surface area (TPSA) is 127 Å². The van der Waals surface area contributed by atoms with Gasteiger partial charge < -0.3 is 15.2 Å². The zero-order valence-electron chi connectivity index (χ0n) is 12.3. The minimum atomic E-state index is -2.96. The standard InChI is InChI=1S/C13H15N5O4S/c1-8-4-11(18-22-8)17-13(19)10-5-15-12(6-14-10)16-9-2-3-23(20,21)7-9/h4-6,9H,2-3,7H2,1H3,(H,15,16)(H,17,18,19). The second-order valence-corrected chi connectivity index (χ2v) is 7.54. The molecule has 0 spiro atoms. The van der Waals surface area contributed by atoms with E-state index in [1.807, 2.05) is 0 Å². The maximum atomic E-state index is 12.0. The first-order valence-corrected chi connectivity index (χ1v) is 8.77. The van der Waals surface area contributed by atoms with Crippen molar-refractivity contribution in [1.29, 1.82) is 0 Å². The van der Waals surface area contributed by atoms with Gasteiger partial charge in [-0.25, -0.2) is 18.4 Å². The van der Waals surface area contributed by atoms with Gasteiger partial charge in [-0.2, -0.15) is 0 Å². The van der Waals surface area contributed by atoms with E-state index in [2.05, 4.69) is 25.8 Å². The molecule has 3 heterocycles. The number of aromatic nitrogens is 3. The molecule has 0 radical (unpaired) electrons. The smallest absolute Gasteiger partial charge is 0.277 e. The summed E-state index contributed by atoms with van der Waals surface area (Å²) in [7, 11) is -2.96. The molecule has 2 N–H and O–H groups in total. The maximum Gasteiger partial charge on any atom is 0.277 e. The number of anilines is 2. The monoisotopic (exact) mass is 337 g/mol. The van der Waals surface area contributed by atoms with Crippen molar-refractivity contribution < 1.29 is 17.7 Å². The summed E-state index contributed by atoms with van der Waals surface area (Å²) in [5.74, 6) is 1.12. The largest absolute Gasteiger partial charge is 0.365 e. The lowest BCUT2D eigenvalue weighted by atomic mass is 10.3. The minimum absolute atomic E-state index is 0.0857. The summed E-state index contributed by atoms with van der Waals surface area (Å²) >= 11 is 0. The van der Waals surface area contributed by atoms with E-state index >= 15 is 0 Å². The average Bonchev–Trinajstić information content (AvgIpc) is 3.05. The highest BCUT2D eigenvalue weighted by Crippen LogP contribution is 2.16. The maximum absolute atomic E-state index is 12.0. The third kappa shape index (κ3) is 3.83. The molecule has 1 saturated heterocycles. The lowest BCUT2D eigenvalue weighted by Crippen LogP contribution is -2.22. The van der Waals surface area contributed by atoms with Gasteiger partial charge in [0.2, 0.25) is 0 Å². The van der Waals surface area contributed by atoms with Gasteiger partial charge in [-0.15, -0.1) is 0 Å². The number of nitrogens with zero attached hydrogens (tertiary/aromatic N) is 3. The minimum Gasteiger partial charge on any atom is -0.365 e. The van der Waals surface area contributed by atoms with Crippen molar-refractivity contribution in [1.82, 2.24) is 15.1 Å². The quantitative estimate of drug-likeness (QED) is 0.831. The van der Waals surface area contributed by atoms with Crippen LogP contribution in [-0.4, -0.2) is 47.0 Å². The molecule has 1 aliphatic heterocycles. The van der Waals surface area contributed by atoms with E-state index in [-0.39, 0.29) is 23.2 Å². The highest BCUT2D eigenvalue weighted by atomic mass is 32.2. The van der Waals surface area contributed by atoms with Crippen molar-refractivity contribution in [3.8, 4) is 0 Å². The Labute approximate surface area is 132 Å². The van der Waals surface area contributed by atoms with Gasteiger partial charge >= 0.3 is 0 Å². The summed E-state index contributed by atoms with van der Waals surface area (Å²) in [4.78, 5) is 20.1. The molecule has 122 valence electrons. The number of rotatable bonds is 4. The zero-order valence-corrected chi connectivity index (χ0v) is 13.1. The van der Waals surface area contributed by atoms with Crippen LogP contribution >= 0.6 is 0 Å². The number of amides is 1. The van der Waals surface area contributed by atoms with Gasteiger partial charge in [0.05, 0.1) is 23.9 Å². The summed E-state index contributed by atoms with van der Waals surface area (Å²) in [5.41, 5.74) is 0.121. The highest BCUT2D eigenvalue weighted by Gasteiger charge is 2.28. The summed E-state index contributed by atoms with van der Waals surface area (Å²) in [6.45, 7) is 1.71. The molecule has 1 aliphatic rings. The number of hydrogen-bond acceptors (Lipinski definition) is 8. The molecule has 10 heteroatoms. The highest BCUT2D eigenvalue weighted by molar-refractivity contribution is 7.91. The lowest BCUT2D eigenvalue weighted by molar-refractivity contribution is 0.102. The van der Waals surface area contributed by atoms with Crippen LogP contribution in [0.15, 0.2) is 23.0 Å². The molecular formula is C13H15N5O4S. The van der Waals surface area contributed by atoms with E-state index in [1.54, 1.807) is 13.0 Å². The molecule has 1 amide bonds. The van der Waals surface area contributed by atoms with Crippen LogP contribution in [0, 0.1) is 6.92 Å². The Balaban J connectivity index is 1.61. The van der Waals surface area contributed by atoms with Gasteiger partial charge in [-0.3, -0.25) is 4.79 Å². The fourth-order valence-electron chi connectivity index (χ4n) is 2.24. The molecule has 2 aromatic rings. The Kier molecular flexibility index (Phi) is 3.99. The predicted molar refractivity (Wildman–Crippen MR) is 81.9 cm³/mol. The first-order chi connectivity index (χ1) is 10.9. The van der Waals surface area contributed by atoms with Crippen molar-refractivity contribution in [3.63, 3.8) is 0 Å². The molecule has 2 aromatic heterocycles. The van der Waals surface area contributed by atoms with Crippen LogP contribution in [0.4, 0.5) is 11.6 Å². The Morgan fingerprint density at radius 2 is 2.13 bits per heavy atom. The Morgan fingerprint density at radius 1 is 1.30 bits per heavy atom. The third-order valence-electron chi connectivity index (χ3n) is 3.34. The van der Waals surface area contributed by atoms with Gasteiger partial charge in [0.15, 0.2) is 15.7 Å². The van der Waals surface area contributed by atoms with Crippen molar-refractivity contribution in [2.24, 2.45) is 0 Å². The second kappa shape index (κ2) is 5.95. The summed E-state index contributed by atoms with van der Waals surface area (Å²) in [6.07, 6.45) is 3.25. The number of carbonyl (C=O) groups is 1. The number of aryl methyl sites for hydroxylation is 1.